The molecule has 5 heteroatoms. The summed E-state index contributed by atoms with van der Waals surface area (Å²) in [6.07, 6.45) is 0. The van der Waals surface area contributed by atoms with E-state index in [0.717, 1.165) is 12.2 Å². The molecule has 1 atom stereocenters. The average Bonchev–Trinajstić information content (AvgIpc) is 2.42. The molecule has 0 aromatic heterocycles. The van der Waals surface area contributed by atoms with E-state index in [4.69, 9.17) is 12.2 Å². The van der Waals surface area contributed by atoms with Gasteiger partial charge < -0.3 is 15.5 Å². The molecule has 0 heterocycles. The molecule has 0 aliphatic heterocycles. The third kappa shape index (κ3) is 4.49. The van der Waals surface area contributed by atoms with Gasteiger partial charge in [0.15, 0.2) is 5.11 Å². The fraction of sp³-hybridized carbons (Fsp3) is 0.467. The first-order chi connectivity index (χ1) is 9.49. The Kier molecular flexibility index (Phi) is 6.45. The number of carbonyl (C=O) groups is 1. The van der Waals surface area contributed by atoms with Gasteiger partial charge in [-0.15, -0.1) is 0 Å². The van der Waals surface area contributed by atoms with Crippen LogP contribution in [0.25, 0.3) is 0 Å². The largest absolute Gasteiger partial charge is 0.363 e. The van der Waals surface area contributed by atoms with Crippen molar-refractivity contribution in [1.29, 1.82) is 0 Å². The highest BCUT2D eigenvalue weighted by Gasteiger charge is 2.21. The van der Waals surface area contributed by atoms with Gasteiger partial charge in [-0.05, 0) is 52.0 Å². The van der Waals surface area contributed by atoms with Crippen molar-refractivity contribution < 1.29 is 4.79 Å². The van der Waals surface area contributed by atoms with Crippen LogP contribution in [-0.2, 0) is 4.79 Å². The third-order valence-electron chi connectivity index (χ3n) is 3.10. The lowest BCUT2D eigenvalue weighted by Crippen LogP contribution is -2.49. The molecule has 0 saturated heterocycles. The van der Waals surface area contributed by atoms with Gasteiger partial charge in [0.2, 0.25) is 5.91 Å². The molecule has 0 aliphatic carbocycles. The molecule has 20 heavy (non-hydrogen) atoms. The summed E-state index contributed by atoms with van der Waals surface area (Å²) in [5.74, 6) is -0.0593. The summed E-state index contributed by atoms with van der Waals surface area (Å²) in [6, 6.07) is 7.44. The van der Waals surface area contributed by atoms with E-state index in [1.54, 1.807) is 0 Å². The predicted molar refractivity (Wildman–Crippen MR) is 87.9 cm³/mol. The Morgan fingerprint density at radius 3 is 2.40 bits per heavy atom. The van der Waals surface area contributed by atoms with Crippen molar-refractivity contribution >= 4 is 28.9 Å². The van der Waals surface area contributed by atoms with Gasteiger partial charge in [0, 0.05) is 18.8 Å². The molecule has 2 N–H and O–H groups in total. The quantitative estimate of drug-likeness (QED) is 0.819. The van der Waals surface area contributed by atoms with E-state index in [0.29, 0.717) is 11.7 Å². The molecule has 0 fully saturated rings. The summed E-state index contributed by atoms with van der Waals surface area (Å²) in [6.45, 7) is 9.28. The first-order valence-electron chi connectivity index (χ1n) is 6.91. The third-order valence-corrected chi connectivity index (χ3v) is 3.47. The Labute approximate surface area is 126 Å². The lowest BCUT2D eigenvalue weighted by atomic mass is 10.2. The van der Waals surface area contributed by atoms with Crippen LogP contribution < -0.4 is 10.6 Å². The minimum absolute atomic E-state index is 0.0593. The molecule has 1 aromatic rings. The van der Waals surface area contributed by atoms with Gasteiger partial charge in [-0.25, -0.2) is 0 Å². The fourth-order valence-corrected chi connectivity index (χ4v) is 2.30. The van der Waals surface area contributed by atoms with E-state index in [1.165, 1.54) is 5.56 Å². The molecule has 0 bridgehead atoms. The number of carbonyl (C=O) groups excluding carboxylic acids is 1. The molecule has 0 unspecified atom stereocenters. The Morgan fingerprint density at radius 2 is 1.90 bits per heavy atom. The van der Waals surface area contributed by atoms with Crippen molar-refractivity contribution in [2.45, 2.75) is 33.7 Å². The second-order valence-electron chi connectivity index (χ2n) is 4.65. The van der Waals surface area contributed by atoms with Crippen LogP contribution in [0.4, 0.5) is 5.69 Å². The molecule has 110 valence electrons. The highest BCUT2D eigenvalue weighted by molar-refractivity contribution is 7.80. The van der Waals surface area contributed by atoms with E-state index < -0.39 is 0 Å². The lowest BCUT2D eigenvalue weighted by molar-refractivity contribution is -0.119. The summed E-state index contributed by atoms with van der Waals surface area (Å²) in [4.78, 5) is 14.1. The molecular weight excluding hydrogens is 270 g/mol. The number of thiocarbonyl (C=S) groups is 1. The standard InChI is InChI=1S/C15H23N3OS/c1-5-16-15(20)18(6-2)12(4)14(19)17-13-9-7-11(3)8-10-13/h7-10,12H,5-6H2,1-4H3,(H,16,20)(H,17,19)/t12-/m1/s1. The second-order valence-corrected chi connectivity index (χ2v) is 5.04. The normalized spacial score (nSPS) is 11.6. The van der Waals surface area contributed by atoms with Gasteiger partial charge in [-0.3, -0.25) is 4.79 Å². The molecule has 1 amide bonds. The summed E-state index contributed by atoms with van der Waals surface area (Å²) in [7, 11) is 0. The smallest absolute Gasteiger partial charge is 0.246 e. The number of benzene rings is 1. The lowest BCUT2D eigenvalue weighted by Gasteiger charge is -2.29. The van der Waals surface area contributed by atoms with Gasteiger partial charge in [-0.2, -0.15) is 0 Å². The van der Waals surface area contributed by atoms with Crippen LogP contribution in [0.2, 0.25) is 0 Å². The van der Waals surface area contributed by atoms with Crippen LogP contribution in [0.5, 0.6) is 0 Å². The van der Waals surface area contributed by atoms with Crippen molar-refractivity contribution in [1.82, 2.24) is 10.2 Å². The number of likely N-dealkylation sites (N-methyl/N-ethyl adjacent to an activating group) is 1. The van der Waals surface area contributed by atoms with E-state index in [9.17, 15) is 4.79 Å². The number of anilines is 1. The SMILES string of the molecule is CCNC(=S)N(CC)[C@H](C)C(=O)Nc1ccc(C)cc1. The van der Waals surface area contributed by atoms with Gasteiger partial charge in [-0.1, -0.05) is 17.7 Å². The van der Waals surface area contributed by atoms with Gasteiger partial charge in [0.05, 0.1) is 0 Å². The highest BCUT2D eigenvalue weighted by Crippen LogP contribution is 2.10. The number of rotatable bonds is 5. The van der Waals surface area contributed by atoms with E-state index in [-0.39, 0.29) is 11.9 Å². The molecule has 4 nitrogen and oxygen atoms in total. The number of aryl methyl sites for hydroxylation is 1. The van der Waals surface area contributed by atoms with Crippen molar-refractivity contribution in [3.8, 4) is 0 Å². The zero-order valence-corrected chi connectivity index (χ0v) is 13.4. The Bertz CT molecular complexity index is 459. The Hall–Kier alpha value is -1.62. The number of nitrogens with zero attached hydrogens (tertiary/aromatic N) is 1. The zero-order valence-electron chi connectivity index (χ0n) is 12.6. The summed E-state index contributed by atoms with van der Waals surface area (Å²) < 4.78 is 0. The summed E-state index contributed by atoms with van der Waals surface area (Å²) in [5.41, 5.74) is 1.97. The minimum Gasteiger partial charge on any atom is -0.363 e. The van der Waals surface area contributed by atoms with Gasteiger partial charge >= 0.3 is 0 Å². The van der Waals surface area contributed by atoms with Crippen LogP contribution in [0, 0.1) is 6.92 Å². The maximum atomic E-state index is 12.3. The monoisotopic (exact) mass is 293 g/mol. The molecule has 0 radical (unpaired) electrons. The predicted octanol–water partition coefficient (Wildman–Crippen LogP) is 2.54. The first-order valence-corrected chi connectivity index (χ1v) is 7.32. The van der Waals surface area contributed by atoms with Gasteiger partial charge in [0.1, 0.15) is 6.04 Å². The van der Waals surface area contributed by atoms with E-state index >= 15 is 0 Å². The summed E-state index contributed by atoms with van der Waals surface area (Å²) in [5, 5.41) is 6.61. The van der Waals surface area contributed by atoms with E-state index in [2.05, 4.69) is 10.6 Å². The molecule has 1 rings (SSSR count). The average molecular weight is 293 g/mol. The van der Waals surface area contributed by atoms with Crippen LogP contribution in [0.15, 0.2) is 24.3 Å². The van der Waals surface area contributed by atoms with Crippen LogP contribution in [0.3, 0.4) is 0 Å². The molecule has 0 spiro atoms. The molecule has 1 aromatic carbocycles. The molecular formula is C15H23N3OS. The minimum atomic E-state index is -0.312. The molecule has 0 saturated carbocycles. The Morgan fingerprint density at radius 1 is 1.30 bits per heavy atom. The van der Waals surface area contributed by atoms with E-state index in [1.807, 2.05) is 56.9 Å². The maximum Gasteiger partial charge on any atom is 0.246 e. The van der Waals surface area contributed by atoms with Crippen molar-refractivity contribution in [2.75, 3.05) is 18.4 Å². The maximum absolute atomic E-state index is 12.3. The summed E-state index contributed by atoms with van der Waals surface area (Å²) >= 11 is 5.29. The highest BCUT2D eigenvalue weighted by atomic mass is 32.1. The van der Waals surface area contributed by atoms with Crippen molar-refractivity contribution in [2.24, 2.45) is 0 Å². The first kappa shape index (κ1) is 16.4. The van der Waals surface area contributed by atoms with Crippen LogP contribution in [-0.4, -0.2) is 35.1 Å². The van der Waals surface area contributed by atoms with Crippen molar-refractivity contribution in [3.05, 3.63) is 29.8 Å². The number of hydrogen-bond acceptors (Lipinski definition) is 2. The second kappa shape index (κ2) is 7.85. The fourth-order valence-electron chi connectivity index (χ4n) is 1.87. The van der Waals surface area contributed by atoms with Crippen LogP contribution in [0.1, 0.15) is 26.3 Å². The number of nitrogens with one attached hydrogen (secondary N) is 2. The Balaban J connectivity index is 2.69. The number of amides is 1. The molecule has 0 aliphatic rings. The van der Waals surface area contributed by atoms with Crippen molar-refractivity contribution in [3.63, 3.8) is 0 Å². The van der Waals surface area contributed by atoms with Crippen LogP contribution >= 0.6 is 12.2 Å². The zero-order chi connectivity index (χ0) is 15.1. The number of hydrogen-bond donors (Lipinski definition) is 2. The topological polar surface area (TPSA) is 44.4 Å². The van der Waals surface area contributed by atoms with Gasteiger partial charge in [0.25, 0.3) is 0 Å².